The number of ether oxygens (including phenoxy) is 1. The van der Waals surface area contributed by atoms with Crippen LogP contribution in [0.2, 0.25) is 10.0 Å². The standard InChI is InChI=1S/C15H11Cl2N3O3/c16-11-2-1-3-12(17)10(11)7-22-9-4-18-15(19-5-9)13-8-23-14(6-21)20-13/h1-5,8,21H,6-7H2. The SMILES string of the molecule is OCc1nc(-c2ncc(OCc3c(Cl)cccc3Cl)cn2)co1. The summed E-state index contributed by atoms with van der Waals surface area (Å²) in [7, 11) is 0. The van der Waals surface area contributed by atoms with E-state index in [1.54, 1.807) is 18.2 Å². The van der Waals surface area contributed by atoms with Crippen LogP contribution in [0.15, 0.2) is 41.3 Å². The zero-order chi connectivity index (χ0) is 16.2. The molecule has 0 spiro atoms. The number of aromatic nitrogens is 3. The first-order valence-corrected chi connectivity index (χ1v) is 7.36. The molecule has 0 amide bonds. The van der Waals surface area contributed by atoms with Crippen molar-refractivity contribution in [1.82, 2.24) is 15.0 Å². The summed E-state index contributed by atoms with van der Waals surface area (Å²) in [6.07, 6.45) is 4.41. The number of hydrogen-bond donors (Lipinski definition) is 1. The number of hydrogen-bond acceptors (Lipinski definition) is 6. The average Bonchev–Trinajstić information content (AvgIpc) is 3.04. The number of oxazole rings is 1. The lowest BCUT2D eigenvalue weighted by Gasteiger charge is -2.09. The zero-order valence-corrected chi connectivity index (χ0v) is 13.3. The lowest BCUT2D eigenvalue weighted by molar-refractivity contribution is 0.240. The van der Waals surface area contributed by atoms with Crippen LogP contribution in [-0.2, 0) is 13.2 Å². The van der Waals surface area contributed by atoms with Gasteiger partial charge in [-0.15, -0.1) is 0 Å². The average molecular weight is 352 g/mol. The van der Waals surface area contributed by atoms with Gasteiger partial charge in [-0.1, -0.05) is 29.3 Å². The van der Waals surface area contributed by atoms with Crippen molar-refractivity contribution in [3.05, 3.63) is 58.4 Å². The molecule has 8 heteroatoms. The fourth-order valence-electron chi connectivity index (χ4n) is 1.83. The lowest BCUT2D eigenvalue weighted by atomic mass is 10.2. The Balaban J connectivity index is 1.70. The van der Waals surface area contributed by atoms with E-state index in [2.05, 4.69) is 15.0 Å². The van der Waals surface area contributed by atoms with Crippen molar-refractivity contribution in [2.24, 2.45) is 0 Å². The van der Waals surface area contributed by atoms with Crippen LogP contribution in [0.25, 0.3) is 11.5 Å². The van der Waals surface area contributed by atoms with Crippen LogP contribution in [0.5, 0.6) is 5.75 Å². The summed E-state index contributed by atoms with van der Waals surface area (Å²) in [5, 5.41) is 10.00. The molecule has 1 N–H and O–H groups in total. The van der Waals surface area contributed by atoms with Crippen LogP contribution in [0.4, 0.5) is 0 Å². The third-order valence-corrected chi connectivity index (χ3v) is 3.70. The van der Waals surface area contributed by atoms with Gasteiger partial charge >= 0.3 is 0 Å². The summed E-state index contributed by atoms with van der Waals surface area (Å²) < 4.78 is 10.6. The Bertz CT molecular complexity index is 786. The van der Waals surface area contributed by atoms with Crippen molar-refractivity contribution in [2.75, 3.05) is 0 Å². The molecule has 0 fully saturated rings. The van der Waals surface area contributed by atoms with Gasteiger partial charge in [0.25, 0.3) is 0 Å². The van der Waals surface area contributed by atoms with Crippen molar-refractivity contribution < 1.29 is 14.3 Å². The third-order valence-electron chi connectivity index (χ3n) is 2.99. The second-order valence-electron chi connectivity index (χ2n) is 4.52. The van der Waals surface area contributed by atoms with E-state index in [1.165, 1.54) is 18.7 Å². The van der Waals surface area contributed by atoms with Gasteiger partial charge in [0.05, 0.1) is 12.4 Å². The maximum Gasteiger partial charge on any atom is 0.220 e. The number of aliphatic hydroxyl groups is 1. The molecule has 0 radical (unpaired) electrons. The molecule has 2 heterocycles. The molecule has 118 valence electrons. The van der Waals surface area contributed by atoms with Gasteiger partial charge in [0.15, 0.2) is 11.6 Å². The molecule has 3 rings (SSSR count). The van der Waals surface area contributed by atoms with E-state index in [1.807, 2.05) is 0 Å². The molecule has 0 aliphatic heterocycles. The molecule has 1 aromatic carbocycles. The van der Waals surface area contributed by atoms with Crippen molar-refractivity contribution in [1.29, 1.82) is 0 Å². The van der Waals surface area contributed by atoms with Gasteiger partial charge in [-0.2, -0.15) is 0 Å². The monoisotopic (exact) mass is 351 g/mol. The Morgan fingerprint density at radius 2 is 1.83 bits per heavy atom. The van der Waals surface area contributed by atoms with Crippen LogP contribution >= 0.6 is 23.2 Å². The van der Waals surface area contributed by atoms with Crippen LogP contribution in [0, 0.1) is 0 Å². The zero-order valence-electron chi connectivity index (χ0n) is 11.7. The molecule has 0 unspecified atom stereocenters. The Morgan fingerprint density at radius 3 is 2.43 bits per heavy atom. The third kappa shape index (κ3) is 3.61. The Labute approximate surface area is 141 Å². The van der Waals surface area contributed by atoms with E-state index < -0.39 is 0 Å². The first-order chi connectivity index (χ1) is 11.2. The molecule has 6 nitrogen and oxygen atoms in total. The summed E-state index contributed by atoms with van der Waals surface area (Å²) in [6.45, 7) is -0.0698. The largest absolute Gasteiger partial charge is 0.486 e. The molecule has 2 aromatic heterocycles. The molecule has 0 aliphatic carbocycles. The van der Waals surface area contributed by atoms with Gasteiger partial charge in [0, 0.05) is 15.6 Å². The van der Waals surface area contributed by atoms with Crippen molar-refractivity contribution in [3.63, 3.8) is 0 Å². The predicted molar refractivity (Wildman–Crippen MR) is 84.2 cm³/mol. The van der Waals surface area contributed by atoms with Crippen LogP contribution < -0.4 is 4.74 Å². The van der Waals surface area contributed by atoms with E-state index in [9.17, 15) is 0 Å². The van der Waals surface area contributed by atoms with E-state index in [4.69, 9.17) is 37.5 Å². The molecule has 0 atom stereocenters. The number of halogens is 2. The van der Waals surface area contributed by atoms with Crippen molar-refractivity contribution >= 4 is 23.2 Å². The molecule has 0 saturated carbocycles. The lowest BCUT2D eigenvalue weighted by Crippen LogP contribution is -1.99. The minimum atomic E-state index is -0.278. The number of aliphatic hydroxyl groups excluding tert-OH is 1. The topological polar surface area (TPSA) is 81.3 Å². The van der Waals surface area contributed by atoms with Gasteiger partial charge in [0.2, 0.25) is 5.89 Å². The fraction of sp³-hybridized carbons (Fsp3) is 0.133. The smallest absolute Gasteiger partial charge is 0.220 e. The Kier molecular flexibility index (Phi) is 4.76. The van der Waals surface area contributed by atoms with Crippen LogP contribution in [0.1, 0.15) is 11.5 Å². The van der Waals surface area contributed by atoms with Gasteiger partial charge in [-0.25, -0.2) is 15.0 Å². The van der Waals surface area contributed by atoms with Crippen molar-refractivity contribution in [2.45, 2.75) is 13.2 Å². The number of rotatable bonds is 5. The summed E-state index contributed by atoms with van der Waals surface area (Å²) >= 11 is 12.2. The highest BCUT2D eigenvalue weighted by molar-refractivity contribution is 6.35. The van der Waals surface area contributed by atoms with E-state index in [0.29, 0.717) is 32.9 Å². The molecular weight excluding hydrogens is 341 g/mol. The van der Waals surface area contributed by atoms with Gasteiger partial charge in [-0.3, -0.25) is 0 Å². The highest BCUT2D eigenvalue weighted by atomic mass is 35.5. The molecule has 0 aliphatic rings. The molecule has 23 heavy (non-hydrogen) atoms. The van der Waals surface area contributed by atoms with E-state index in [-0.39, 0.29) is 19.1 Å². The highest BCUT2D eigenvalue weighted by Gasteiger charge is 2.10. The Hall–Kier alpha value is -2.15. The first-order valence-electron chi connectivity index (χ1n) is 6.60. The maximum absolute atomic E-state index is 8.93. The number of benzene rings is 1. The molecular formula is C15H11Cl2N3O3. The second-order valence-corrected chi connectivity index (χ2v) is 5.33. The minimum absolute atomic E-state index is 0.206. The van der Waals surface area contributed by atoms with E-state index in [0.717, 1.165) is 0 Å². The summed E-state index contributed by atoms with van der Waals surface area (Å²) in [5.41, 5.74) is 1.14. The van der Waals surface area contributed by atoms with Gasteiger partial charge in [-0.05, 0) is 12.1 Å². The fourth-order valence-corrected chi connectivity index (χ4v) is 2.34. The summed E-state index contributed by atoms with van der Waals surface area (Å²) in [5.74, 6) is 1.05. The van der Waals surface area contributed by atoms with Crippen molar-refractivity contribution in [3.8, 4) is 17.3 Å². The van der Waals surface area contributed by atoms with E-state index >= 15 is 0 Å². The first kappa shape index (κ1) is 15.7. The number of nitrogens with zero attached hydrogens (tertiary/aromatic N) is 3. The molecule has 0 bridgehead atoms. The van der Waals surface area contributed by atoms with Gasteiger partial charge in [0.1, 0.15) is 25.2 Å². The summed E-state index contributed by atoms with van der Waals surface area (Å²) in [6, 6.07) is 5.26. The molecule has 0 saturated heterocycles. The summed E-state index contributed by atoms with van der Waals surface area (Å²) in [4.78, 5) is 12.3. The minimum Gasteiger partial charge on any atom is -0.486 e. The van der Waals surface area contributed by atoms with Crippen LogP contribution in [0.3, 0.4) is 0 Å². The van der Waals surface area contributed by atoms with Crippen LogP contribution in [-0.4, -0.2) is 20.1 Å². The predicted octanol–water partition coefficient (Wildman–Crippen LogP) is 3.51. The van der Waals surface area contributed by atoms with Gasteiger partial charge < -0.3 is 14.3 Å². The molecule has 3 aromatic rings. The normalized spacial score (nSPS) is 10.7. The quantitative estimate of drug-likeness (QED) is 0.757. The second kappa shape index (κ2) is 6.95. The Morgan fingerprint density at radius 1 is 1.13 bits per heavy atom. The highest BCUT2D eigenvalue weighted by Crippen LogP contribution is 2.25. The maximum atomic E-state index is 8.93.